The average Bonchev–Trinajstić information content (AvgIpc) is 3.40. The first-order valence-electron chi connectivity index (χ1n) is 8.72. The van der Waals surface area contributed by atoms with Gasteiger partial charge in [-0.15, -0.1) is 0 Å². The lowest BCUT2D eigenvalue weighted by molar-refractivity contribution is 0.0983. The lowest BCUT2D eigenvalue weighted by atomic mass is 10.2. The highest BCUT2D eigenvalue weighted by Crippen LogP contribution is 2.40. The van der Waals surface area contributed by atoms with Crippen LogP contribution in [0.2, 0.25) is 5.02 Å². The molecule has 0 saturated carbocycles. The summed E-state index contributed by atoms with van der Waals surface area (Å²) in [5.74, 6) is 1.67. The van der Waals surface area contributed by atoms with E-state index in [9.17, 15) is 4.79 Å². The van der Waals surface area contributed by atoms with Gasteiger partial charge in [0.25, 0.3) is 5.91 Å². The monoisotopic (exact) mass is 428 g/mol. The van der Waals surface area contributed by atoms with Crippen molar-refractivity contribution in [2.45, 2.75) is 6.54 Å². The Hall–Kier alpha value is -3.03. The molecule has 0 radical (unpaired) electrons. The lowest BCUT2D eigenvalue weighted by Crippen LogP contribution is -2.30. The lowest BCUT2D eigenvalue weighted by Gasteiger charge is -2.19. The molecule has 0 saturated heterocycles. The summed E-state index contributed by atoms with van der Waals surface area (Å²) in [5, 5.41) is 0.991. The molecule has 0 unspecified atom stereocenters. The molecule has 6 nitrogen and oxygen atoms in total. The van der Waals surface area contributed by atoms with Crippen molar-refractivity contribution in [2.24, 2.45) is 0 Å². The molecule has 0 aliphatic carbocycles. The van der Waals surface area contributed by atoms with E-state index in [1.165, 1.54) is 11.3 Å². The molecule has 0 aliphatic rings. The molecular formula is C21H17ClN2O4S. The van der Waals surface area contributed by atoms with Gasteiger partial charge in [0.1, 0.15) is 27.5 Å². The minimum atomic E-state index is -0.235. The van der Waals surface area contributed by atoms with Gasteiger partial charge < -0.3 is 13.9 Å². The number of fused-ring (bicyclic) bond motifs is 1. The second kappa shape index (κ2) is 8.14. The van der Waals surface area contributed by atoms with E-state index in [0.717, 1.165) is 4.70 Å². The van der Waals surface area contributed by atoms with Gasteiger partial charge >= 0.3 is 0 Å². The van der Waals surface area contributed by atoms with E-state index < -0.39 is 0 Å². The summed E-state index contributed by atoms with van der Waals surface area (Å²) in [4.78, 5) is 19.6. The Morgan fingerprint density at radius 2 is 1.93 bits per heavy atom. The molecule has 2 aromatic carbocycles. The standard InChI is InChI=1S/C21H17ClN2O4S/c1-26-16-8-9-17(27-2)19-18(16)23-21(29-19)24(12-15-7-4-10-28-15)20(25)13-5-3-6-14(22)11-13/h3-11H,12H2,1-2H3. The number of aromatic nitrogens is 1. The van der Waals surface area contributed by atoms with E-state index >= 15 is 0 Å². The van der Waals surface area contributed by atoms with E-state index in [-0.39, 0.29) is 12.5 Å². The number of rotatable bonds is 6. The molecule has 0 N–H and O–H groups in total. The van der Waals surface area contributed by atoms with Crippen molar-refractivity contribution >= 4 is 44.2 Å². The Morgan fingerprint density at radius 1 is 1.14 bits per heavy atom. The van der Waals surface area contributed by atoms with Gasteiger partial charge in [0.05, 0.1) is 27.0 Å². The van der Waals surface area contributed by atoms with Crippen LogP contribution < -0.4 is 14.4 Å². The SMILES string of the molecule is COc1ccc(OC)c2sc(N(Cc3ccco3)C(=O)c3cccc(Cl)c3)nc12. The molecule has 148 valence electrons. The number of carbonyl (C=O) groups excluding carboxylic acids is 1. The minimum absolute atomic E-state index is 0.225. The molecule has 1 amide bonds. The third kappa shape index (κ3) is 3.79. The van der Waals surface area contributed by atoms with Crippen LogP contribution in [-0.4, -0.2) is 25.1 Å². The molecule has 0 aliphatic heterocycles. The quantitative estimate of drug-likeness (QED) is 0.411. The fraction of sp³-hybridized carbons (Fsp3) is 0.143. The van der Waals surface area contributed by atoms with Crippen molar-refractivity contribution in [3.8, 4) is 11.5 Å². The van der Waals surface area contributed by atoms with Gasteiger partial charge in [-0.3, -0.25) is 9.69 Å². The molecule has 2 heterocycles. The van der Waals surface area contributed by atoms with E-state index in [0.29, 0.717) is 38.5 Å². The van der Waals surface area contributed by atoms with Crippen LogP contribution in [0.15, 0.2) is 59.2 Å². The number of carbonyl (C=O) groups is 1. The topological polar surface area (TPSA) is 64.8 Å². The summed E-state index contributed by atoms with van der Waals surface area (Å²) in [6, 6.07) is 14.0. The second-order valence-electron chi connectivity index (χ2n) is 6.13. The van der Waals surface area contributed by atoms with Crippen LogP contribution in [0.4, 0.5) is 5.13 Å². The third-order valence-electron chi connectivity index (χ3n) is 4.34. The summed E-state index contributed by atoms with van der Waals surface area (Å²) in [7, 11) is 3.18. The maximum absolute atomic E-state index is 13.3. The van der Waals surface area contributed by atoms with Gasteiger partial charge in [0.15, 0.2) is 5.13 Å². The summed E-state index contributed by atoms with van der Waals surface area (Å²) >= 11 is 7.44. The first kappa shape index (κ1) is 19.3. The Labute approximate surface area is 176 Å². The number of ether oxygens (including phenoxy) is 2. The van der Waals surface area contributed by atoms with Crippen molar-refractivity contribution in [3.05, 3.63) is 71.1 Å². The van der Waals surface area contributed by atoms with Crippen molar-refractivity contribution < 1.29 is 18.7 Å². The zero-order chi connectivity index (χ0) is 20.4. The molecule has 0 bridgehead atoms. The first-order valence-corrected chi connectivity index (χ1v) is 9.91. The number of amides is 1. The molecule has 4 aromatic rings. The van der Waals surface area contributed by atoms with E-state index in [2.05, 4.69) is 4.98 Å². The molecule has 4 rings (SSSR count). The Kier molecular flexibility index (Phi) is 5.42. The van der Waals surface area contributed by atoms with Crippen LogP contribution in [0.1, 0.15) is 16.1 Å². The molecule has 0 fully saturated rings. The van der Waals surface area contributed by atoms with Crippen molar-refractivity contribution in [2.75, 3.05) is 19.1 Å². The Bertz CT molecular complexity index is 1120. The summed E-state index contributed by atoms with van der Waals surface area (Å²) in [6.07, 6.45) is 1.57. The van der Waals surface area contributed by atoms with Gasteiger partial charge in [-0.25, -0.2) is 4.98 Å². The van der Waals surface area contributed by atoms with E-state index in [4.69, 9.17) is 25.5 Å². The Balaban J connectivity index is 1.83. The number of anilines is 1. The van der Waals surface area contributed by atoms with Crippen molar-refractivity contribution in [3.63, 3.8) is 0 Å². The van der Waals surface area contributed by atoms with Gasteiger partial charge in [0, 0.05) is 10.6 Å². The maximum Gasteiger partial charge on any atom is 0.260 e. The van der Waals surface area contributed by atoms with Crippen LogP contribution in [0.3, 0.4) is 0 Å². The first-order chi connectivity index (χ1) is 14.1. The minimum Gasteiger partial charge on any atom is -0.495 e. The number of hydrogen-bond acceptors (Lipinski definition) is 6. The maximum atomic E-state index is 13.3. The zero-order valence-corrected chi connectivity index (χ0v) is 17.3. The predicted molar refractivity (Wildman–Crippen MR) is 113 cm³/mol. The van der Waals surface area contributed by atoms with E-state index in [1.807, 2.05) is 12.1 Å². The Morgan fingerprint density at radius 3 is 2.62 bits per heavy atom. The summed E-state index contributed by atoms with van der Waals surface area (Å²) < 4.78 is 17.2. The number of halogens is 1. The number of thiazole rings is 1. The third-order valence-corrected chi connectivity index (χ3v) is 5.67. The predicted octanol–water partition coefficient (Wildman–Crippen LogP) is 5.41. The highest BCUT2D eigenvalue weighted by molar-refractivity contribution is 7.22. The zero-order valence-electron chi connectivity index (χ0n) is 15.7. The van der Waals surface area contributed by atoms with Crippen molar-refractivity contribution in [1.29, 1.82) is 0 Å². The normalized spacial score (nSPS) is 10.9. The second-order valence-corrected chi connectivity index (χ2v) is 7.54. The smallest absolute Gasteiger partial charge is 0.260 e. The van der Waals surface area contributed by atoms with Gasteiger partial charge in [-0.1, -0.05) is 29.0 Å². The number of benzene rings is 2. The van der Waals surface area contributed by atoms with E-state index in [1.54, 1.807) is 61.8 Å². The van der Waals surface area contributed by atoms with Gasteiger partial charge in [-0.2, -0.15) is 0 Å². The highest BCUT2D eigenvalue weighted by atomic mass is 35.5. The highest BCUT2D eigenvalue weighted by Gasteiger charge is 2.25. The fourth-order valence-corrected chi connectivity index (χ4v) is 4.21. The van der Waals surface area contributed by atoms with Crippen LogP contribution in [0.25, 0.3) is 10.2 Å². The number of nitrogens with zero attached hydrogens (tertiary/aromatic N) is 2. The molecule has 8 heteroatoms. The summed E-state index contributed by atoms with van der Waals surface area (Å²) in [5.41, 5.74) is 1.09. The fourth-order valence-electron chi connectivity index (χ4n) is 2.95. The number of methoxy groups -OCH3 is 2. The van der Waals surface area contributed by atoms with Gasteiger partial charge in [0.2, 0.25) is 0 Å². The van der Waals surface area contributed by atoms with Crippen molar-refractivity contribution in [1.82, 2.24) is 4.98 Å². The van der Waals surface area contributed by atoms with Crippen LogP contribution in [0.5, 0.6) is 11.5 Å². The molecular weight excluding hydrogens is 412 g/mol. The summed E-state index contributed by atoms with van der Waals surface area (Å²) in [6.45, 7) is 0.225. The van der Waals surface area contributed by atoms with Crippen LogP contribution >= 0.6 is 22.9 Å². The van der Waals surface area contributed by atoms with Crippen LogP contribution in [0, 0.1) is 0 Å². The number of hydrogen-bond donors (Lipinski definition) is 0. The average molecular weight is 429 g/mol. The number of furan rings is 1. The molecule has 2 aromatic heterocycles. The van der Waals surface area contributed by atoms with Gasteiger partial charge in [-0.05, 0) is 42.5 Å². The van der Waals surface area contributed by atoms with Crippen LogP contribution in [-0.2, 0) is 6.54 Å². The molecule has 29 heavy (non-hydrogen) atoms. The molecule has 0 atom stereocenters. The molecule has 0 spiro atoms. The largest absolute Gasteiger partial charge is 0.495 e.